The van der Waals surface area contributed by atoms with Gasteiger partial charge in [0.2, 0.25) is 6.79 Å². The Balaban J connectivity index is 1.65. The topological polar surface area (TPSA) is 59.6 Å². The van der Waals surface area contributed by atoms with Gasteiger partial charge in [0.15, 0.2) is 11.5 Å². The van der Waals surface area contributed by atoms with Gasteiger partial charge in [0.1, 0.15) is 0 Å². The lowest BCUT2D eigenvalue weighted by molar-refractivity contribution is 0.174. The van der Waals surface area contributed by atoms with Crippen LogP contribution in [0, 0.1) is 0 Å². The van der Waals surface area contributed by atoms with Gasteiger partial charge in [-0.15, -0.1) is 0 Å². The third-order valence-electron chi connectivity index (χ3n) is 3.37. The van der Waals surface area contributed by atoms with E-state index in [0.29, 0.717) is 5.75 Å². The zero-order valence-corrected chi connectivity index (χ0v) is 13.5. The molecule has 0 fully saturated rings. The van der Waals surface area contributed by atoms with Crippen molar-refractivity contribution in [2.45, 2.75) is 13.0 Å². The highest BCUT2D eigenvalue weighted by Crippen LogP contribution is 2.34. The number of nitrogens with one attached hydrogen (secondary N) is 2. The summed E-state index contributed by atoms with van der Waals surface area (Å²) in [4.78, 5) is 12.1. The minimum atomic E-state index is -0.267. The number of urea groups is 1. The van der Waals surface area contributed by atoms with Gasteiger partial charge in [-0.05, 0) is 52.7 Å². The Morgan fingerprint density at radius 1 is 1.18 bits per heavy atom. The number of ether oxygens (including phenoxy) is 2. The molecule has 0 aliphatic carbocycles. The average molecular weight is 363 g/mol. The molecule has 2 amide bonds. The number of carbonyl (C=O) groups excluding carboxylic acids is 1. The minimum Gasteiger partial charge on any atom is -0.454 e. The molecule has 2 aromatic rings. The molecule has 114 valence electrons. The van der Waals surface area contributed by atoms with Crippen LogP contribution in [-0.2, 0) is 0 Å². The number of fused-ring (bicyclic) bond motifs is 1. The second-order valence-electron chi connectivity index (χ2n) is 4.91. The molecule has 5 nitrogen and oxygen atoms in total. The van der Waals surface area contributed by atoms with Gasteiger partial charge >= 0.3 is 6.03 Å². The molecule has 1 aliphatic rings. The highest BCUT2D eigenvalue weighted by molar-refractivity contribution is 9.10. The summed E-state index contributed by atoms with van der Waals surface area (Å²) in [6.07, 6.45) is 0. The van der Waals surface area contributed by atoms with E-state index < -0.39 is 0 Å². The van der Waals surface area contributed by atoms with E-state index in [4.69, 9.17) is 9.47 Å². The van der Waals surface area contributed by atoms with E-state index in [2.05, 4.69) is 26.6 Å². The van der Waals surface area contributed by atoms with Crippen LogP contribution in [0.1, 0.15) is 18.5 Å². The third kappa shape index (κ3) is 3.17. The first-order chi connectivity index (χ1) is 10.6. The number of halogens is 1. The number of benzene rings is 2. The van der Waals surface area contributed by atoms with Gasteiger partial charge in [-0.1, -0.05) is 18.2 Å². The van der Waals surface area contributed by atoms with Crippen LogP contribution in [0.5, 0.6) is 11.5 Å². The molecule has 0 aromatic heterocycles. The maximum Gasteiger partial charge on any atom is 0.319 e. The van der Waals surface area contributed by atoms with Crippen molar-refractivity contribution in [2.24, 2.45) is 0 Å². The summed E-state index contributed by atoms with van der Waals surface area (Å²) in [6, 6.07) is 12.7. The summed E-state index contributed by atoms with van der Waals surface area (Å²) in [6.45, 7) is 2.15. The van der Waals surface area contributed by atoms with Gasteiger partial charge in [0.05, 0.1) is 11.7 Å². The smallest absolute Gasteiger partial charge is 0.319 e. The zero-order chi connectivity index (χ0) is 15.5. The molecule has 1 atom stereocenters. The predicted molar refractivity (Wildman–Crippen MR) is 87.3 cm³/mol. The molecule has 1 aliphatic heterocycles. The van der Waals surface area contributed by atoms with Crippen LogP contribution in [0.15, 0.2) is 46.9 Å². The molecule has 0 unspecified atom stereocenters. The van der Waals surface area contributed by atoms with Crippen molar-refractivity contribution >= 4 is 27.6 Å². The molecule has 0 saturated heterocycles. The van der Waals surface area contributed by atoms with E-state index in [0.717, 1.165) is 21.5 Å². The molecule has 6 heteroatoms. The maximum atomic E-state index is 12.1. The second-order valence-corrected chi connectivity index (χ2v) is 5.77. The number of amides is 2. The van der Waals surface area contributed by atoms with Crippen LogP contribution >= 0.6 is 15.9 Å². The summed E-state index contributed by atoms with van der Waals surface area (Å²) < 4.78 is 11.5. The quantitative estimate of drug-likeness (QED) is 0.865. The highest BCUT2D eigenvalue weighted by atomic mass is 79.9. The number of rotatable bonds is 3. The summed E-state index contributed by atoms with van der Waals surface area (Å²) >= 11 is 3.40. The second kappa shape index (κ2) is 6.27. The van der Waals surface area contributed by atoms with E-state index in [9.17, 15) is 4.79 Å². The zero-order valence-electron chi connectivity index (χ0n) is 11.9. The van der Waals surface area contributed by atoms with Crippen molar-refractivity contribution in [3.8, 4) is 11.5 Å². The summed E-state index contributed by atoms with van der Waals surface area (Å²) in [5, 5.41) is 5.71. The molecular formula is C16H15BrN2O3. The van der Waals surface area contributed by atoms with Crippen molar-refractivity contribution in [3.63, 3.8) is 0 Å². The number of anilines is 1. The number of hydrogen-bond donors (Lipinski definition) is 2. The molecule has 0 bridgehead atoms. The van der Waals surface area contributed by atoms with Gasteiger partial charge in [-0.25, -0.2) is 4.79 Å². The fourth-order valence-electron chi connectivity index (χ4n) is 2.18. The Labute approximate surface area is 136 Å². The molecule has 0 spiro atoms. The number of hydrogen-bond acceptors (Lipinski definition) is 3. The van der Waals surface area contributed by atoms with Crippen LogP contribution in [0.4, 0.5) is 10.5 Å². The predicted octanol–water partition coefficient (Wildman–Crippen LogP) is 4.06. The molecule has 0 radical (unpaired) electrons. The van der Waals surface area contributed by atoms with Crippen molar-refractivity contribution in [1.29, 1.82) is 0 Å². The Kier molecular flexibility index (Phi) is 4.20. The lowest BCUT2D eigenvalue weighted by Gasteiger charge is -2.16. The summed E-state index contributed by atoms with van der Waals surface area (Å²) in [7, 11) is 0. The fourth-order valence-corrected chi connectivity index (χ4v) is 2.57. The molecule has 22 heavy (non-hydrogen) atoms. The first-order valence-electron chi connectivity index (χ1n) is 6.85. The largest absolute Gasteiger partial charge is 0.454 e. The normalized spacial score (nSPS) is 13.5. The van der Waals surface area contributed by atoms with Gasteiger partial charge in [0.25, 0.3) is 0 Å². The molecular weight excluding hydrogens is 348 g/mol. The van der Waals surface area contributed by atoms with Gasteiger partial charge in [-0.3, -0.25) is 0 Å². The third-order valence-corrected chi connectivity index (χ3v) is 4.06. The van der Waals surface area contributed by atoms with Crippen LogP contribution < -0.4 is 20.1 Å². The first kappa shape index (κ1) is 14.7. The molecule has 1 heterocycles. The molecule has 3 rings (SSSR count). The summed E-state index contributed by atoms with van der Waals surface area (Å²) in [5.41, 5.74) is 1.67. The van der Waals surface area contributed by atoms with E-state index in [1.54, 1.807) is 0 Å². The monoisotopic (exact) mass is 362 g/mol. The van der Waals surface area contributed by atoms with Crippen LogP contribution in [0.2, 0.25) is 0 Å². The summed E-state index contributed by atoms with van der Waals surface area (Å²) in [5.74, 6) is 1.44. The minimum absolute atomic E-state index is 0.156. The van der Waals surface area contributed by atoms with Crippen molar-refractivity contribution in [2.75, 3.05) is 12.1 Å². The van der Waals surface area contributed by atoms with E-state index >= 15 is 0 Å². The number of carbonyl (C=O) groups is 1. The van der Waals surface area contributed by atoms with Crippen molar-refractivity contribution in [1.82, 2.24) is 5.32 Å². The van der Waals surface area contributed by atoms with Crippen molar-refractivity contribution < 1.29 is 14.3 Å². The van der Waals surface area contributed by atoms with Crippen LogP contribution in [-0.4, -0.2) is 12.8 Å². The fraction of sp³-hybridized carbons (Fsp3) is 0.188. The van der Waals surface area contributed by atoms with E-state index in [-0.39, 0.29) is 18.9 Å². The van der Waals surface area contributed by atoms with Gasteiger partial charge in [0, 0.05) is 4.47 Å². The lowest BCUT2D eigenvalue weighted by atomic mass is 10.1. The standard InChI is InChI=1S/C16H15BrN2O3/c1-10(11-6-7-14-15(8-11)22-9-21-14)18-16(20)19-13-5-3-2-4-12(13)17/h2-8,10H,9H2,1H3,(H2,18,19,20)/t10-/m1/s1. The Hall–Kier alpha value is -2.21. The van der Waals surface area contributed by atoms with Gasteiger partial charge in [-0.2, -0.15) is 0 Å². The number of para-hydroxylation sites is 1. The Bertz CT molecular complexity index is 706. The van der Waals surface area contributed by atoms with Gasteiger partial charge < -0.3 is 20.1 Å². The van der Waals surface area contributed by atoms with E-state index in [1.165, 1.54) is 0 Å². The van der Waals surface area contributed by atoms with Crippen molar-refractivity contribution in [3.05, 3.63) is 52.5 Å². The van der Waals surface area contributed by atoms with Crippen LogP contribution in [0.3, 0.4) is 0 Å². The lowest BCUT2D eigenvalue weighted by Crippen LogP contribution is -2.31. The SMILES string of the molecule is C[C@@H](NC(=O)Nc1ccccc1Br)c1ccc2c(c1)OCO2. The molecule has 0 saturated carbocycles. The highest BCUT2D eigenvalue weighted by Gasteiger charge is 2.17. The first-order valence-corrected chi connectivity index (χ1v) is 7.64. The molecule has 2 aromatic carbocycles. The molecule has 2 N–H and O–H groups in total. The average Bonchev–Trinajstić information content (AvgIpc) is 2.97. The van der Waals surface area contributed by atoms with E-state index in [1.807, 2.05) is 49.4 Å². The van der Waals surface area contributed by atoms with Crippen LogP contribution in [0.25, 0.3) is 0 Å². The Morgan fingerprint density at radius 2 is 1.95 bits per heavy atom. The maximum absolute atomic E-state index is 12.1. The Morgan fingerprint density at radius 3 is 2.77 bits per heavy atom.